The van der Waals surface area contributed by atoms with E-state index in [0.29, 0.717) is 12.6 Å². The fourth-order valence-corrected chi connectivity index (χ4v) is 7.18. The zero-order chi connectivity index (χ0) is 34.5. The van der Waals surface area contributed by atoms with Crippen LogP contribution >= 0.6 is 0 Å². The van der Waals surface area contributed by atoms with E-state index in [9.17, 15) is 4.39 Å². The van der Waals surface area contributed by atoms with Crippen molar-refractivity contribution in [2.75, 3.05) is 16.5 Å². The standard InChI is InChI=1S/C45H35FN4O/c1-30(2)32-22-23-47-45(26-32)50-41-13-7-6-12-39(41)40-21-20-37(28-44(40)50)51-38-25-33(31-10-4-3-5-11-31)24-36(27-38)49-29-48(35-18-16-34(46)17-19-35)42-14-8-9-15-43(42)49/h3-28,30H,29H2,1-2H3. The minimum absolute atomic E-state index is 0.251. The highest BCUT2D eigenvalue weighted by Crippen LogP contribution is 2.46. The summed E-state index contributed by atoms with van der Waals surface area (Å²) in [4.78, 5) is 9.32. The van der Waals surface area contributed by atoms with Crippen molar-refractivity contribution in [3.8, 4) is 28.4 Å². The quantitative estimate of drug-likeness (QED) is 0.170. The van der Waals surface area contributed by atoms with Gasteiger partial charge in [-0.2, -0.15) is 0 Å². The molecule has 0 saturated heterocycles. The van der Waals surface area contributed by atoms with Crippen molar-refractivity contribution >= 4 is 44.6 Å². The molecule has 0 atom stereocenters. The third kappa shape index (κ3) is 5.55. The van der Waals surface area contributed by atoms with Crippen LogP contribution in [0.2, 0.25) is 0 Å². The number of ether oxygens (including phenoxy) is 1. The van der Waals surface area contributed by atoms with Gasteiger partial charge in [-0.3, -0.25) is 4.57 Å². The molecule has 6 heteroatoms. The first-order valence-electron chi connectivity index (χ1n) is 17.3. The number of hydrogen-bond donors (Lipinski definition) is 0. The first-order valence-corrected chi connectivity index (χ1v) is 17.3. The summed E-state index contributed by atoms with van der Waals surface area (Å²) in [6.45, 7) is 4.98. The molecule has 8 aromatic rings. The molecule has 0 amide bonds. The van der Waals surface area contributed by atoms with Crippen LogP contribution in [0.1, 0.15) is 25.3 Å². The van der Waals surface area contributed by atoms with Crippen molar-refractivity contribution < 1.29 is 9.13 Å². The van der Waals surface area contributed by atoms with Crippen molar-refractivity contribution in [2.45, 2.75) is 19.8 Å². The van der Waals surface area contributed by atoms with Gasteiger partial charge in [0.05, 0.1) is 22.4 Å². The number of para-hydroxylation sites is 3. The average molecular weight is 667 g/mol. The molecule has 1 aliphatic heterocycles. The van der Waals surface area contributed by atoms with Crippen molar-refractivity contribution in [3.05, 3.63) is 169 Å². The monoisotopic (exact) mass is 666 g/mol. The number of pyridine rings is 1. The smallest absolute Gasteiger partial charge is 0.137 e. The first kappa shape index (κ1) is 30.6. The second-order valence-corrected chi connectivity index (χ2v) is 13.3. The zero-order valence-corrected chi connectivity index (χ0v) is 28.4. The molecule has 0 fully saturated rings. The molecule has 248 valence electrons. The summed E-state index contributed by atoms with van der Waals surface area (Å²) in [7, 11) is 0. The molecule has 5 nitrogen and oxygen atoms in total. The van der Waals surface area contributed by atoms with Crippen LogP contribution < -0.4 is 14.5 Å². The Labute approximate surface area is 296 Å². The SMILES string of the molecule is CC(C)c1ccnc(-n2c3ccccc3c3ccc(Oc4cc(-c5ccccc5)cc(N5CN(c6ccc(F)cc6)c6ccccc65)c4)cc32)c1. The molecule has 1 aliphatic rings. The van der Waals surface area contributed by atoms with Gasteiger partial charge in [-0.25, -0.2) is 9.37 Å². The number of benzene rings is 6. The Hall–Kier alpha value is -6.40. The number of hydrogen-bond acceptors (Lipinski definition) is 4. The van der Waals surface area contributed by atoms with Crippen molar-refractivity contribution in [1.82, 2.24) is 9.55 Å². The number of fused-ring (bicyclic) bond motifs is 4. The fraction of sp³-hybridized carbons (Fsp3) is 0.0889. The Kier molecular flexibility index (Phi) is 7.50. The lowest BCUT2D eigenvalue weighted by Crippen LogP contribution is -2.24. The summed E-state index contributed by atoms with van der Waals surface area (Å²) in [5.74, 6) is 2.48. The molecule has 0 bridgehead atoms. The van der Waals surface area contributed by atoms with E-state index in [0.717, 1.165) is 67.6 Å². The Bertz CT molecular complexity index is 2540. The molecular weight excluding hydrogens is 632 g/mol. The minimum atomic E-state index is -0.251. The van der Waals surface area contributed by atoms with E-state index in [-0.39, 0.29) is 5.82 Å². The molecule has 0 aliphatic carbocycles. The molecule has 9 rings (SSSR count). The summed E-state index contributed by atoms with van der Waals surface area (Å²) in [6, 6.07) is 50.9. The maximum atomic E-state index is 13.9. The van der Waals surface area contributed by atoms with Gasteiger partial charge in [-0.1, -0.05) is 74.5 Å². The number of rotatable bonds is 7. The summed E-state index contributed by atoms with van der Waals surface area (Å²) in [5, 5.41) is 2.31. The average Bonchev–Trinajstić information content (AvgIpc) is 3.72. The second-order valence-electron chi connectivity index (χ2n) is 13.3. The minimum Gasteiger partial charge on any atom is -0.457 e. The third-order valence-corrected chi connectivity index (χ3v) is 9.74. The van der Waals surface area contributed by atoms with Crippen LogP contribution in [-0.2, 0) is 0 Å². The van der Waals surface area contributed by atoms with Crippen LogP contribution in [-0.4, -0.2) is 16.2 Å². The summed E-state index contributed by atoms with van der Waals surface area (Å²) in [5.41, 5.74) is 9.57. The van der Waals surface area contributed by atoms with Gasteiger partial charge in [0.2, 0.25) is 0 Å². The van der Waals surface area contributed by atoms with Gasteiger partial charge in [-0.05, 0) is 101 Å². The van der Waals surface area contributed by atoms with E-state index in [4.69, 9.17) is 9.72 Å². The largest absolute Gasteiger partial charge is 0.457 e. The van der Waals surface area contributed by atoms with Crippen molar-refractivity contribution in [2.24, 2.45) is 0 Å². The van der Waals surface area contributed by atoms with Gasteiger partial charge in [0.15, 0.2) is 0 Å². The topological polar surface area (TPSA) is 33.5 Å². The van der Waals surface area contributed by atoms with Gasteiger partial charge >= 0.3 is 0 Å². The molecule has 3 heterocycles. The van der Waals surface area contributed by atoms with Crippen LogP contribution in [0.3, 0.4) is 0 Å². The first-order chi connectivity index (χ1) is 25.0. The zero-order valence-electron chi connectivity index (χ0n) is 28.4. The lowest BCUT2D eigenvalue weighted by Gasteiger charge is -2.23. The summed E-state index contributed by atoms with van der Waals surface area (Å²) < 4.78 is 22.9. The van der Waals surface area contributed by atoms with E-state index in [2.05, 4.69) is 137 Å². The molecule has 0 saturated carbocycles. The van der Waals surface area contributed by atoms with Gasteiger partial charge < -0.3 is 14.5 Å². The molecule has 0 radical (unpaired) electrons. The van der Waals surface area contributed by atoms with Crippen LogP contribution in [0.25, 0.3) is 38.8 Å². The number of aromatic nitrogens is 2. The molecule has 0 spiro atoms. The lowest BCUT2D eigenvalue weighted by molar-refractivity contribution is 0.483. The van der Waals surface area contributed by atoms with Crippen molar-refractivity contribution in [1.29, 1.82) is 0 Å². The van der Waals surface area contributed by atoms with Gasteiger partial charge in [0.25, 0.3) is 0 Å². The number of nitrogens with zero attached hydrogens (tertiary/aromatic N) is 4. The third-order valence-electron chi connectivity index (χ3n) is 9.74. The van der Waals surface area contributed by atoms with Crippen LogP contribution in [0.15, 0.2) is 158 Å². The highest BCUT2D eigenvalue weighted by Gasteiger charge is 2.28. The number of anilines is 4. The maximum absolute atomic E-state index is 13.9. The molecule has 0 N–H and O–H groups in total. The fourth-order valence-electron chi connectivity index (χ4n) is 7.18. The molecule has 51 heavy (non-hydrogen) atoms. The normalized spacial score (nSPS) is 12.6. The number of halogens is 1. The summed E-state index contributed by atoms with van der Waals surface area (Å²) in [6.07, 6.45) is 1.90. The molecule has 6 aromatic carbocycles. The Morgan fingerprint density at radius 3 is 2.08 bits per heavy atom. The van der Waals surface area contributed by atoms with Gasteiger partial charge in [-0.15, -0.1) is 0 Å². The van der Waals surface area contributed by atoms with Crippen LogP contribution in [0.4, 0.5) is 27.1 Å². The van der Waals surface area contributed by atoms with E-state index in [1.165, 1.54) is 23.1 Å². The Morgan fingerprint density at radius 1 is 0.588 bits per heavy atom. The molecule has 0 unspecified atom stereocenters. The van der Waals surface area contributed by atoms with E-state index in [1.54, 1.807) is 0 Å². The van der Waals surface area contributed by atoms with Gasteiger partial charge in [0, 0.05) is 40.5 Å². The van der Waals surface area contributed by atoms with Crippen LogP contribution in [0.5, 0.6) is 11.5 Å². The predicted molar refractivity (Wildman–Crippen MR) is 207 cm³/mol. The Balaban J connectivity index is 1.15. The predicted octanol–water partition coefficient (Wildman–Crippen LogP) is 12.1. The Morgan fingerprint density at radius 2 is 1.29 bits per heavy atom. The summed E-state index contributed by atoms with van der Waals surface area (Å²) >= 11 is 0. The van der Waals surface area contributed by atoms with Crippen molar-refractivity contribution in [3.63, 3.8) is 0 Å². The molecular formula is C45H35FN4O. The maximum Gasteiger partial charge on any atom is 0.137 e. The van der Waals surface area contributed by atoms with E-state index >= 15 is 0 Å². The van der Waals surface area contributed by atoms with E-state index in [1.807, 2.05) is 36.5 Å². The molecule has 2 aromatic heterocycles. The van der Waals surface area contributed by atoms with Gasteiger partial charge in [0.1, 0.15) is 29.8 Å². The second kappa shape index (κ2) is 12.5. The lowest BCUT2D eigenvalue weighted by atomic mass is 10.0. The van der Waals surface area contributed by atoms with Crippen LogP contribution in [0, 0.1) is 5.82 Å². The highest BCUT2D eigenvalue weighted by atomic mass is 19.1. The highest BCUT2D eigenvalue weighted by molar-refractivity contribution is 6.09. The van der Waals surface area contributed by atoms with E-state index < -0.39 is 0 Å².